The van der Waals surface area contributed by atoms with E-state index in [9.17, 15) is 4.79 Å². The zero-order chi connectivity index (χ0) is 21.7. The lowest BCUT2D eigenvalue weighted by Crippen LogP contribution is -2.21. The molecule has 0 aromatic heterocycles. The van der Waals surface area contributed by atoms with Crippen LogP contribution in [0.1, 0.15) is 27.0 Å². The van der Waals surface area contributed by atoms with Crippen molar-refractivity contribution in [2.24, 2.45) is 0 Å². The summed E-state index contributed by atoms with van der Waals surface area (Å²) in [6.45, 7) is -0.00218. The fraction of sp³-hybridized carbons (Fsp3) is 0.0741. The molecule has 0 spiro atoms. The van der Waals surface area contributed by atoms with Crippen LogP contribution < -0.4 is 4.74 Å². The van der Waals surface area contributed by atoms with E-state index in [1.54, 1.807) is 12.1 Å². The largest absolute Gasteiger partial charge is 0.485 e. The first-order valence-corrected chi connectivity index (χ1v) is 11.5. The van der Waals surface area contributed by atoms with Crippen molar-refractivity contribution in [2.45, 2.75) is 4.32 Å². The van der Waals surface area contributed by atoms with Gasteiger partial charge in [0.15, 0.2) is 12.4 Å². The molecule has 0 unspecified atom stereocenters. The van der Waals surface area contributed by atoms with Crippen molar-refractivity contribution in [3.8, 4) is 5.75 Å². The van der Waals surface area contributed by atoms with E-state index in [-0.39, 0.29) is 12.4 Å². The number of alkyl halides is 1. The fourth-order valence-electron chi connectivity index (χ4n) is 3.48. The minimum atomic E-state index is -0.485. The molecule has 154 valence electrons. The first-order chi connectivity index (χ1) is 15.1. The van der Waals surface area contributed by atoms with Gasteiger partial charge in [-0.2, -0.15) is 0 Å². The Hall–Kier alpha value is -2.69. The Labute approximate surface area is 199 Å². The van der Waals surface area contributed by atoms with Crippen molar-refractivity contribution >= 4 is 37.6 Å². The number of benzene rings is 4. The van der Waals surface area contributed by atoms with Gasteiger partial charge in [0.25, 0.3) is 0 Å². The third-order valence-electron chi connectivity index (χ3n) is 5.13. The lowest BCUT2D eigenvalue weighted by atomic mass is 9.85. The van der Waals surface area contributed by atoms with Gasteiger partial charge in [0, 0.05) is 10.0 Å². The average molecular weight is 536 g/mol. The van der Waals surface area contributed by atoms with Crippen LogP contribution in [0.3, 0.4) is 0 Å². The summed E-state index contributed by atoms with van der Waals surface area (Å²) in [6, 6.07) is 35.8. The predicted octanol–water partition coefficient (Wildman–Crippen LogP) is 7.40. The molecule has 0 amide bonds. The van der Waals surface area contributed by atoms with E-state index in [0.717, 1.165) is 21.2 Å². The molecule has 4 heteroatoms. The molecular formula is C27H20Br2O2. The summed E-state index contributed by atoms with van der Waals surface area (Å²) in [7, 11) is 0. The fourth-order valence-corrected chi connectivity index (χ4v) is 4.54. The van der Waals surface area contributed by atoms with Gasteiger partial charge in [0.1, 0.15) is 10.1 Å². The normalized spacial score (nSPS) is 11.2. The van der Waals surface area contributed by atoms with Crippen LogP contribution in [0.4, 0.5) is 0 Å². The summed E-state index contributed by atoms with van der Waals surface area (Å²) in [5.74, 6) is 0.602. The molecule has 2 nitrogen and oxygen atoms in total. The van der Waals surface area contributed by atoms with Crippen molar-refractivity contribution in [2.75, 3.05) is 6.61 Å². The van der Waals surface area contributed by atoms with E-state index in [4.69, 9.17) is 4.74 Å². The van der Waals surface area contributed by atoms with Crippen LogP contribution in [0.5, 0.6) is 5.75 Å². The van der Waals surface area contributed by atoms with E-state index in [2.05, 4.69) is 56.1 Å². The monoisotopic (exact) mass is 534 g/mol. The Morgan fingerprint density at radius 1 is 0.677 bits per heavy atom. The third kappa shape index (κ3) is 4.81. The van der Waals surface area contributed by atoms with E-state index >= 15 is 0 Å². The molecule has 0 heterocycles. The van der Waals surface area contributed by atoms with Crippen LogP contribution in [0.25, 0.3) is 0 Å². The van der Waals surface area contributed by atoms with Crippen LogP contribution in [0.2, 0.25) is 0 Å². The smallest absolute Gasteiger partial charge is 0.200 e. The Morgan fingerprint density at radius 2 is 1.16 bits per heavy atom. The van der Waals surface area contributed by atoms with E-state index < -0.39 is 4.32 Å². The van der Waals surface area contributed by atoms with Gasteiger partial charge in [0.05, 0.1) is 0 Å². The van der Waals surface area contributed by atoms with Gasteiger partial charge in [-0.3, -0.25) is 4.79 Å². The number of rotatable bonds is 7. The Kier molecular flexibility index (Phi) is 6.69. The number of carbonyl (C=O) groups is 1. The maximum Gasteiger partial charge on any atom is 0.200 e. The molecule has 0 radical (unpaired) electrons. The molecule has 0 bridgehead atoms. The molecular weight excluding hydrogens is 516 g/mol. The highest BCUT2D eigenvalue weighted by Crippen LogP contribution is 2.45. The summed E-state index contributed by atoms with van der Waals surface area (Å²) in [5.41, 5.74) is 3.99. The topological polar surface area (TPSA) is 26.3 Å². The highest BCUT2D eigenvalue weighted by atomic mass is 79.9. The number of carbonyl (C=O) groups excluding carboxylic acids is 1. The zero-order valence-electron chi connectivity index (χ0n) is 16.7. The zero-order valence-corrected chi connectivity index (χ0v) is 19.8. The summed E-state index contributed by atoms with van der Waals surface area (Å²) >= 11 is 7.41. The molecule has 0 saturated heterocycles. The minimum Gasteiger partial charge on any atom is -0.485 e. The van der Waals surface area contributed by atoms with E-state index in [1.807, 2.05) is 72.8 Å². The molecule has 0 saturated carbocycles. The van der Waals surface area contributed by atoms with E-state index in [0.29, 0.717) is 11.3 Å². The number of halogens is 2. The van der Waals surface area contributed by atoms with Gasteiger partial charge in [-0.1, -0.05) is 117 Å². The molecule has 4 rings (SSSR count). The van der Waals surface area contributed by atoms with Crippen LogP contribution in [0, 0.1) is 0 Å². The average Bonchev–Trinajstić information content (AvgIpc) is 2.84. The maximum atomic E-state index is 12.4. The van der Waals surface area contributed by atoms with Crippen LogP contribution in [0.15, 0.2) is 114 Å². The molecule has 0 aliphatic rings. The van der Waals surface area contributed by atoms with Crippen LogP contribution >= 0.6 is 31.9 Å². The molecule has 4 aromatic carbocycles. The van der Waals surface area contributed by atoms with Crippen molar-refractivity contribution in [1.82, 2.24) is 0 Å². The predicted molar refractivity (Wildman–Crippen MR) is 132 cm³/mol. The van der Waals surface area contributed by atoms with Crippen LogP contribution in [-0.2, 0) is 4.32 Å². The lowest BCUT2D eigenvalue weighted by molar-refractivity contribution is 0.0921. The molecule has 0 aliphatic heterocycles. The Bertz CT molecular complexity index is 1100. The first-order valence-electron chi connectivity index (χ1n) is 9.89. The van der Waals surface area contributed by atoms with Crippen molar-refractivity contribution in [1.29, 1.82) is 0 Å². The molecule has 4 aromatic rings. The van der Waals surface area contributed by atoms with Gasteiger partial charge >= 0.3 is 0 Å². The van der Waals surface area contributed by atoms with Gasteiger partial charge in [-0.25, -0.2) is 0 Å². The second-order valence-electron chi connectivity index (χ2n) is 7.13. The second kappa shape index (κ2) is 9.63. The second-order valence-corrected chi connectivity index (χ2v) is 9.24. The lowest BCUT2D eigenvalue weighted by Gasteiger charge is -2.30. The summed E-state index contributed by atoms with van der Waals surface area (Å²) in [4.78, 5) is 12.4. The maximum absolute atomic E-state index is 12.4. The van der Waals surface area contributed by atoms with Gasteiger partial charge in [-0.15, -0.1) is 0 Å². The van der Waals surface area contributed by atoms with Gasteiger partial charge in [0.2, 0.25) is 0 Å². The van der Waals surface area contributed by atoms with Gasteiger partial charge < -0.3 is 4.74 Å². The third-order valence-corrected chi connectivity index (χ3v) is 7.03. The number of hydrogen-bond acceptors (Lipinski definition) is 2. The van der Waals surface area contributed by atoms with Crippen LogP contribution in [-0.4, -0.2) is 12.4 Å². The quantitative estimate of drug-likeness (QED) is 0.140. The summed E-state index contributed by atoms with van der Waals surface area (Å²) in [6.07, 6.45) is 0. The minimum absolute atomic E-state index is 0.00218. The van der Waals surface area contributed by atoms with Crippen molar-refractivity contribution in [3.05, 3.63) is 136 Å². The van der Waals surface area contributed by atoms with Crippen molar-refractivity contribution < 1.29 is 9.53 Å². The molecule has 0 fully saturated rings. The molecule has 0 atom stereocenters. The number of ketones is 1. The first kappa shape index (κ1) is 21.5. The molecule has 0 aliphatic carbocycles. The molecule has 31 heavy (non-hydrogen) atoms. The molecule has 0 N–H and O–H groups in total. The number of hydrogen-bond donors (Lipinski definition) is 0. The number of Topliss-reactive ketones (excluding diaryl/α,β-unsaturated/α-hetero) is 1. The highest BCUT2D eigenvalue weighted by Gasteiger charge is 2.33. The Balaban J connectivity index is 1.56. The Morgan fingerprint density at radius 3 is 1.68 bits per heavy atom. The highest BCUT2D eigenvalue weighted by molar-refractivity contribution is 9.10. The summed E-state index contributed by atoms with van der Waals surface area (Å²) < 4.78 is 6.21. The summed E-state index contributed by atoms with van der Waals surface area (Å²) in [5, 5.41) is 0. The standard InChI is InChI=1S/C27H20Br2O2/c28-24-15-11-20(12-16-24)26(30)19-31-25-17-13-23(14-18-25)27(29,21-7-3-1-4-8-21)22-9-5-2-6-10-22/h1-18H,19H2. The van der Waals surface area contributed by atoms with Gasteiger partial charge in [-0.05, 0) is 41.0 Å². The SMILES string of the molecule is O=C(COc1ccc(C(Br)(c2ccccc2)c2ccccc2)cc1)c1ccc(Br)cc1. The number of ether oxygens (including phenoxy) is 1. The van der Waals surface area contributed by atoms with E-state index in [1.165, 1.54) is 0 Å². The van der Waals surface area contributed by atoms with Crippen molar-refractivity contribution in [3.63, 3.8) is 0 Å².